The van der Waals surface area contributed by atoms with Crippen LogP contribution in [0.2, 0.25) is 0 Å². The summed E-state index contributed by atoms with van der Waals surface area (Å²) in [6.07, 6.45) is 1.90. The van der Waals surface area contributed by atoms with E-state index in [4.69, 9.17) is 0 Å². The maximum absolute atomic E-state index is 12.5. The third-order valence-corrected chi connectivity index (χ3v) is 3.89. The first-order chi connectivity index (χ1) is 10.1. The van der Waals surface area contributed by atoms with Crippen molar-refractivity contribution >= 4 is 46.0 Å². The Morgan fingerprint density at radius 3 is 2.57 bits per heavy atom. The molecule has 0 fully saturated rings. The summed E-state index contributed by atoms with van der Waals surface area (Å²) < 4.78 is 1.14. The molecule has 3 nitrogen and oxygen atoms in total. The van der Waals surface area contributed by atoms with Crippen molar-refractivity contribution in [3.05, 3.63) is 69.3 Å². The van der Waals surface area contributed by atoms with E-state index in [0.717, 1.165) is 20.5 Å². The quantitative estimate of drug-likeness (QED) is 0.563. The largest absolute Gasteiger partial charge is 0.280 e. The lowest BCUT2D eigenvalue weighted by Crippen LogP contribution is -2.21. The highest BCUT2D eigenvalue weighted by Crippen LogP contribution is 2.24. The van der Waals surface area contributed by atoms with Crippen LogP contribution in [0.5, 0.6) is 0 Å². The zero-order chi connectivity index (χ0) is 14.8. The van der Waals surface area contributed by atoms with Gasteiger partial charge in [0.1, 0.15) is 0 Å². The normalized spacial score (nSPS) is 16.5. The Morgan fingerprint density at radius 2 is 1.86 bits per heavy atom. The number of carbonyl (C=O) groups excluding carboxylic acids is 1. The Kier molecular flexibility index (Phi) is 3.88. The molecule has 1 aliphatic rings. The van der Waals surface area contributed by atoms with E-state index in [0.29, 0.717) is 5.57 Å². The first kappa shape index (κ1) is 14.0. The molecule has 0 spiro atoms. The molecule has 0 aliphatic carbocycles. The van der Waals surface area contributed by atoms with Gasteiger partial charge in [-0.3, -0.25) is 4.79 Å². The number of benzene rings is 2. The summed E-state index contributed by atoms with van der Waals surface area (Å²) in [6.45, 7) is 1.86. The molecule has 1 aliphatic heterocycles. The summed E-state index contributed by atoms with van der Waals surface area (Å²) in [5.74, 6) is -0.0856. The number of anilines is 1. The molecule has 0 bridgehead atoms. The van der Waals surface area contributed by atoms with Crippen molar-refractivity contribution in [3.63, 3.8) is 0 Å². The molecular formula is C17H13IN2O. The molecule has 2 aromatic carbocycles. The molecule has 1 heterocycles. The van der Waals surface area contributed by atoms with Crippen LogP contribution in [0.3, 0.4) is 0 Å². The van der Waals surface area contributed by atoms with Gasteiger partial charge in [-0.25, -0.2) is 0 Å². The van der Waals surface area contributed by atoms with E-state index in [-0.39, 0.29) is 5.91 Å². The number of hydrogen-bond acceptors (Lipinski definition) is 2. The van der Waals surface area contributed by atoms with Crippen LogP contribution in [0.1, 0.15) is 12.5 Å². The Balaban J connectivity index is 1.96. The number of hydrazone groups is 1. The predicted octanol–water partition coefficient (Wildman–Crippen LogP) is 4.10. The highest BCUT2D eigenvalue weighted by molar-refractivity contribution is 14.1. The number of nitrogens with zero attached hydrogens (tertiary/aromatic N) is 2. The standard InChI is InChI=1S/C17H13IN2O/c1-12-16(11-13-6-5-7-14(18)10-13)17(21)20(19-12)15-8-3-2-4-9-15/h2-11H,1H3. The second kappa shape index (κ2) is 5.81. The smallest absolute Gasteiger partial charge is 0.267 e. The highest BCUT2D eigenvalue weighted by atomic mass is 127. The van der Waals surface area contributed by atoms with Crippen molar-refractivity contribution < 1.29 is 4.79 Å². The van der Waals surface area contributed by atoms with Gasteiger partial charge in [-0.05, 0) is 65.4 Å². The maximum Gasteiger partial charge on any atom is 0.280 e. The summed E-state index contributed by atoms with van der Waals surface area (Å²) in [4.78, 5) is 12.5. The Bertz CT molecular complexity index is 750. The number of para-hydroxylation sites is 1. The fraction of sp³-hybridized carbons (Fsp3) is 0.0588. The van der Waals surface area contributed by atoms with E-state index in [1.165, 1.54) is 5.01 Å². The van der Waals surface area contributed by atoms with Gasteiger partial charge in [0.25, 0.3) is 5.91 Å². The Hall–Kier alpha value is -1.95. The summed E-state index contributed by atoms with van der Waals surface area (Å²) in [6, 6.07) is 17.5. The van der Waals surface area contributed by atoms with E-state index in [1.807, 2.05) is 67.6 Å². The van der Waals surface area contributed by atoms with Crippen molar-refractivity contribution in [2.45, 2.75) is 6.92 Å². The topological polar surface area (TPSA) is 32.7 Å². The SMILES string of the molecule is CC1=NN(c2ccccc2)C(=O)C1=Cc1cccc(I)c1. The van der Waals surface area contributed by atoms with Crippen molar-refractivity contribution in [1.29, 1.82) is 0 Å². The van der Waals surface area contributed by atoms with E-state index < -0.39 is 0 Å². The molecule has 21 heavy (non-hydrogen) atoms. The third kappa shape index (κ3) is 2.90. The molecule has 0 atom stereocenters. The lowest BCUT2D eigenvalue weighted by atomic mass is 10.1. The molecule has 0 N–H and O–H groups in total. The average molecular weight is 388 g/mol. The van der Waals surface area contributed by atoms with Gasteiger partial charge < -0.3 is 0 Å². The van der Waals surface area contributed by atoms with E-state index in [9.17, 15) is 4.79 Å². The molecule has 0 unspecified atom stereocenters. The average Bonchev–Trinajstić information content (AvgIpc) is 2.76. The van der Waals surface area contributed by atoms with Crippen LogP contribution in [-0.4, -0.2) is 11.6 Å². The number of hydrogen-bond donors (Lipinski definition) is 0. The van der Waals surface area contributed by atoms with Crippen LogP contribution in [0.4, 0.5) is 5.69 Å². The fourth-order valence-electron chi connectivity index (χ4n) is 2.19. The van der Waals surface area contributed by atoms with E-state index >= 15 is 0 Å². The van der Waals surface area contributed by atoms with Crippen LogP contribution in [0.15, 0.2) is 65.3 Å². The molecule has 4 heteroatoms. The Morgan fingerprint density at radius 1 is 1.10 bits per heavy atom. The number of rotatable bonds is 2. The molecule has 2 aromatic rings. The second-order valence-electron chi connectivity index (χ2n) is 4.75. The molecule has 3 rings (SSSR count). The predicted molar refractivity (Wildman–Crippen MR) is 94.2 cm³/mol. The summed E-state index contributed by atoms with van der Waals surface area (Å²) in [5.41, 5.74) is 3.17. The van der Waals surface area contributed by atoms with Gasteiger partial charge in [-0.1, -0.05) is 30.3 Å². The molecule has 0 aromatic heterocycles. The molecule has 0 saturated heterocycles. The van der Waals surface area contributed by atoms with Gasteiger partial charge >= 0.3 is 0 Å². The summed E-state index contributed by atoms with van der Waals surface area (Å²) >= 11 is 2.26. The highest BCUT2D eigenvalue weighted by Gasteiger charge is 2.28. The molecule has 0 radical (unpaired) electrons. The number of halogens is 1. The van der Waals surface area contributed by atoms with Crippen LogP contribution in [0, 0.1) is 3.57 Å². The van der Waals surface area contributed by atoms with Crippen molar-refractivity contribution in [1.82, 2.24) is 0 Å². The minimum absolute atomic E-state index is 0.0856. The van der Waals surface area contributed by atoms with Gasteiger partial charge in [0.05, 0.1) is 17.0 Å². The Labute approximate surface area is 137 Å². The van der Waals surface area contributed by atoms with Gasteiger partial charge in [0.15, 0.2) is 0 Å². The second-order valence-corrected chi connectivity index (χ2v) is 6.00. The van der Waals surface area contributed by atoms with Crippen molar-refractivity contribution in [3.8, 4) is 0 Å². The minimum Gasteiger partial charge on any atom is -0.267 e. The number of amides is 1. The van der Waals surface area contributed by atoms with Crippen LogP contribution >= 0.6 is 22.6 Å². The number of carbonyl (C=O) groups is 1. The zero-order valence-corrected chi connectivity index (χ0v) is 13.6. The monoisotopic (exact) mass is 388 g/mol. The van der Waals surface area contributed by atoms with Gasteiger partial charge in [-0.2, -0.15) is 10.1 Å². The summed E-state index contributed by atoms with van der Waals surface area (Å²) in [5, 5.41) is 5.82. The first-order valence-electron chi connectivity index (χ1n) is 6.57. The zero-order valence-electron chi connectivity index (χ0n) is 11.5. The summed E-state index contributed by atoms with van der Waals surface area (Å²) in [7, 11) is 0. The van der Waals surface area contributed by atoms with Gasteiger partial charge in [-0.15, -0.1) is 0 Å². The third-order valence-electron chi connectivity index (χ3n) is 3.22. The van der Waals surface area contributed by atoms with Crippen molar-refractivity contribution in [2.75, 3.05) is 5.01 Å². The fourth-order valence-corrected chi connectivity index (χ4v) is 2.76. The lowest BCUT2D eigenvalue weighted by Gasteiger charge is -2.11. The van der Waals surface area contributed by atoms with E-state index in [1.54, 1.807) is 0 Å². The van der Waals surface area contributed by atoms with Crippen molar-refractivity contribution in [2.24, 2.45) is 5.10 Å². The lowest BCUT2D eigenvalue weighted by molar-refractivity contribution is -0.114. The molecule has 0 saturated carbocycles. The minimum atomic E-state index is -0.0856. The molecule has 104 valence electrons. The molecular weight excluding hydrogens is 375 g/mol. The van der Waals surface area contributed by atoms with E-state index in [2.05, 4.69) is 27.7 Å². The first-order valence-corrected chi connectivity index (χ1v) is 7.65. The van der Waals surface area contributed by atoms with Crippen LogP contribution < -0.4 is 5.01 Å². The van der Waals surface area contributed by atoms with Crippen LogP contribution in [0.25, 0.3) is 6.08 Å². The maximum atomic E-state index is 12.5. The van der Waals surface area contributed by atoms with Crippen LogP contribution in [-0.2, 0) is 4.79 Å². The molecule has 1 amide bonds. The van der Waals surface area contributed by atoms with Gasteiger partial charge in [0, 0.05) is 3.57 Å². The van der Waals surface area contributed by atoms with Gasteiger partial charge in [0.2, 0.25) is 0 Å².